The van der Waals surface area contributed by atoms with Crippen LogP contribution >= 0.6 is 11.6 Å². The van der Waals surface area contributed by atoms with Crippen molar-refractivity contribution in [1.29, 1.82) is 0 Å². The number of rotatable bonds is 3. The van der Waals surface area contributed by atoms with Gasteiger partial charge in [0, 0.05) is 10.7 Å². The summed E-state index contributed by atoms with van der Waals surface area (Å²) in [5.41, 5.74) is 8.01. The molecule has 92 valence electrons. The Kier molecular flexibility index (Phi) is 3.15. The van der Waals surface area contributed by atoms with Crippen LogP contribution in [-0.4, -0.2) is 12.5 Å². The molecule has 1 aliphatic rings. The van der Waals surface area contributed by atoms with Gasteiger partial charge < -0.3 is 11.1 Å². The fraction of sp³-hybridized carbons (Fsp3) is 0.462. The van der Waals surface area contributed by atoms with E-state index in [9.17, 15) is 4.79 Å². The quantitative estimate of drug-likeness (QED) is 0.868. The third-order valence-electron chi connectivity index (χ3n) is 3.31. The Morgan fingerprint density at radius 3 is 2.76 bits per heavy atom. The smallest absolute Gasteiger partial charge is 0.234 e. The predicted octanol–water partition coefficient (Wildman–Crippen LogP) is 2.46. The predicted molar refractivity (Wildman–Crippen MR) is 70.5 cm³/mol. The number of carbonyl (C=O) groups is 1. The normalized spacial score (nSPS) is 16.8. The first-order chi connectivity index (χ1) is 7.96. The van der Waals surface area contributed by atoms with E-state index in [1.54, 1.807) is 0 Å². The zero-order chi connectivity index (χ0) is 12.6. The van der Waals surface area contributed by atoms with Crippen molar-refractivity contribution >= 4 is 23.2 Å². The molecule has 4 heteroatoms. The number of nitrogens with two attached hydrogens (primary N) is 1. The van der Waals surface area contributed by atoms with Crippen molar-refractivity contribution in [3.8, 4) is 0 Å². The molecule has 0 radical (unpaired) electrons. The fourth-order valence-corrected chi connectivity index (χ4v) is 2.43. The molecule has 0 atom stereocenters. The van der Waals surface area contributed by atoms with Crippen molar-refractivity contribution in [2.24, 2.45) is 5.73 Å². The van der Waals surface area contributed by atoms with Gasteiger partial charge in [-0.1, -0.05) is 11.6 Å². The molecule has 0 spiro atoms. The SMILES string of the molecule is CC1(C)C(=O)Nc2c(CCCN)cc(Cl)cc21. The van der Waals surface area contributed by atoms with Crippen LogP contribution in [0, 0.1) is 0 Å². The zero-order valence-corrected chi connectivity index (χ0v) is 10.9. The Labute approximate surface area is 106 Å². The van der Waals surface area contributed by atoms with E-state index in [0.29, 0.717) is 11.6 Å². The van der Waals surface area contributed by atoms with Crippen LogP contribution in [0.15, 0.2) is 12.1 Å². The number of nitrogens with one attached hydrogen (secondary N) is 1. The highest BCUT2D eigenvalue weighted by molar-refractivity contribution is 6.31. The number of anilines is 1. The van der Waals surface area contributed by atoms with Crippen LogP contribution < -0.4 is 11.1 Å². The lowest BCUT2D eigenvalue weighted by Gasteiger charge is -2.16. The number of hydrogen-bond acceptors (Lipinski definition) is 2. The van der Waals surface area contributed by atoms with Crippen LogP contribution in [0.1, 0.15) is 31.4 Å². The van der Waals surface area contributed by atoms with Gasteiger partial charge >= 0.3 is 0 Å². The number of carbonyl (C=O) groups excluding carboxylic acids is 1. The molecule has 17 heavy (non-hydrogen) atoms. The molecule has 1 aromatic rings. The Balaban J connectivity index is 2.49. The summed E-state index contributed by atoms with van der Waals surface area (Å²) in [5.74, 6) is 0.0313. The standard InChI is InChI=1S/C13H17ClN2O/c1-13(2)10-7-9(14)6-8(4-3-5-15)11(10)16-12(13)17/h6-7H,3-5,15H2,1-2H3,(H,16,17). The van der Waals surface area contributed by atoms with Gasteiger partial charge in [-0.05, 0) is 56.5 Å². The van der Waals surface area contributed by atoms with E-state index >= 15 is 0 Å². The van der Waals surface area contributed by atoms with Gasteiger partial charge in [0.05, 0.1) is 5.41 Å². The van der Waals surface area contributed by atoms with Crippen LogP contribution in [0.4, 0.5) is 5.69 Å². The van der Waals surface area contributed by atoms with Gasteiger partial charge in [-0.25, -0.2) is 0 Å². The summed E-state index contributed by atoms with van der Waals surface area (Å²) in [4.78, 5) is 11.9. The molecule has 1 amide bonds. The molecule has 1 heterocycles. The Bertz CT molecular complexity index is 469. The van der Waals surface area contributed by atoms with Crippen LogP contribution in [0.2, 0.25) is 5.02 Å². The maximum Gasteiger partial charge on any atom is 0.234 e. The first-order valence-corrected chi connectivity index (χ1v) is 6.19. The molecule has 3 nitrogen and oxygen atoms in total. The molecule has 0 saturated heterocycles. The van der Waals surface area contributed by atoms with Gasteiger partial charge in [0.15, 0.2) is 0 Å². The van der Waals surface area contributed by atoms with E-state index in [1.807, 2.05) is 26.0 Å². The molecule has 1 aromatic carbocycles. The molecule has 0 saturated carbocycles. The average molecular weight is 253 g/mol. The molecule has 0 bridgehead atoms. The minimum atomic E-state index is -0.502. The third-order valence-corrected chi connectivity index (χ3v) is 3.53. The zero-order valence-electron chi connectivity index (χ0n) is 10.1. The van der Waals surface area contributed by atoms with Gasteiger partial charge in [0.1, 0.15) is 0 Å². The monoisotopic (exact) mass is 252 g/mol. The van der Waals surface area contributed by atoms with E-state index in [-0.39, 0.29) is 5.91 Å². The summed E-state index contributed by atoms with van der Waals surface area (Å²) < 4.78 is 0. The van der Waals surface area contributed by atoms with Crippen molar-refractivity contribution in [1.82, 2.24) is 0 Å². The first kappa shape index (κ1) is 12.4. The highest BCUT2D eigenvalue weighted by Crippen LogP contribution is 2.41. The van der Waals surface area contributed by atoms with Crippen molar-refractivity contribution in [3.63, 3.8) is 0 Å². The number of hydrogen-bond donors (Lipinski definition) is 2. The molecule has 0 unspecified atom stereocenters. The highest BCUT2D eigenvalue weighted by Gasteiger charge is 2.39. The average Bonchev–Trinajstić information content (AvgIpc) is 2.49. The van der Waals surface area contributed by atoms with Crippen LogP contribution in [0.25, 0.3) is 0 Å². The lowest BCUT2D eigenvalue weighted by molar-refractivity contribution is -0.119. The summed E-state index contributed by atoms with van der Waals surface area (Å²) in [6, 6.07) is 3.79. The Morgan fingerprint density at radius 2 is 2.12 bits per heavy atom. The summed E-state index contributed by atoms with van der Waals surface area (Å²) >= 11 is 6.11. The second kappa shape index (κ2) is 4.31. The number of aryl methyl sites for hydroxylation is 1. The largest absolute Gasteiger partial charge is 0.330 e. The van der Waals surface area contributed by atoms with E-state index < -0.39 is 5.41 Å². The maximum atomic E-state index is 11.9. The van der Waals surface area contributed by atoms with Gasteiger partial charge in [-0.15, -0.1) is 0 Å². The Hall–Kier alpha value is -1.06. The van der Waals surface area contributed by atoms with E-state index in [0.717, 1.165) is 29.7 Å². The van der Waals surface area contributed by atoms with Crippen LogP contribution in [0.3, 0.4) is 0 Å². The summed E-state index contributed by atoms with van der Waals surface area (Å²) in [6.45, 7) is 4.47. The van der Waals surface area contributed by atoms with Crippen LogP contribution in [0.5, 0.6) is 0 Å². The topological polar surface area (TPSA) is 55.1 Å². The molecule has 3 N–H and O–H groups in total. The van der Waals surface area contributed by atoms with Crippen LogP contribution in [-0.2, 0) is 16.6 Å². The van der Waals surface area contributed by atoms with Crippen molar-refractivity contribution < 1.29 is 4.79 Å². The molecule has 0 fully saturated rings. The highest BCUT2D eigenvalue weighted by atomic mass is 35.5. The second-order valence-electron chi connectivity index (χ2n) is 4.96. The van der Waals surface area contributed by atoms with Gasteiger partial charge in [-0.3, -0.25) is 4.79 Å². The molecule has 0 aliphatic carbocycles. The number of fused-ring (bicyclic) bond motifs is 1. The minimum Gasteiger partial charge on any atom is -0.330 e. The van der Waals surface area contributed by atoms with Gasteiger partial charge in [0.25, 0.3) is 0 Å². The molecule has 2 rings (SSSR count). The van der Waals surface area contributed by atoms with Gasteiger partial charge in [-0.2, -0.15) is 0 Å². The summed E-state index contributed by atoms with van der Waals surface area (Å²) in [7, 11) is 0. The molecule has 0 aromatic heterocycles. The summed E-state index contributed by atoms with van der Waals surface area (Å²) in [5, 5.41) is 3.63. The van der Waals surface area contributed by atoms with Gasteiger partial charge in [0.2, 0.25) is 5.91 Å². The van der Waals surface area contributed by atoms with Crippen molar-refractivity contribution in [3.05, 3.63) is 28.3 Å². The molecular weight excluding hydrogens is 236 g/mol. The Morgan fingerprint density at radius 1 is 1.41 bits per heavy atom. The maximum absolute atomic E-state index is 11.9. The van der Waals surface area contributed by atoms with Crippen molar-refractivity contribution in [2.45, 2.75) is 32.1 Å². The lowest BCUT2D eigenvalue weighted by atomic mass is 9.85. The number of halogens is 1. The van der Waals surface area contributed by atoms with E-state index in [4.69, 9.17) is 17.3 Å². The number of amides is 1. The molecular formula is C13H17ClN2O. The fourth-order valence-electron chi connectivity index (χ4n) is 2.19. The first-order valence-electron chi connectivity index (χ1n) is 5.81. The van der Waals surface area contributed by atoms with E-state index in [2.05, 4.69) is 5.32 Å². The van der Waals surface area contributed by atoms with Crippen molar-refractivity contribution in [2.75, 3.05) is 11.9 Å². The third kappa shape index (κ3) is 2.05. The second-order valence-corrected chi connectivity index (χ2v) is 5.40. The lowest BCUT2D eigenvalue weighted by Crippen LogP contribution is -2.26. The molecule has 1 aliphatic heterocycles. The summed E-state index contributed by atoms with van der Waals surface area (Å²) in [6.07, 6.45) is 1.73. The number of benzene rings is 1. The minimum absolute atomic E-state index is 0.0313. The van der Waals surface area contributed by atoms with E-state index in [1.165, 1.54) is 0 Å².